The molecule has 1 N–H and O–H groups in total. The van der Waals surface area contributed by atoms with Gasteiger partial charge in [-0.2, -0.15) is 0 Å². The van der Waals surface area contributed by atoms with E-state index in [0.717, 1.165) is 18.8 Å². The van der Waals surface area contributed by atoms with Crippen molar-refractivity contribution >= 4 is 0 Å². The first-order valence-corrected chi connectivity index (χ1v) is 7.25. The fourth-order valence-corrected chi connectivity index (χ4v) is 2.37. The first-order valence-electron chi connectivity index (χ1n) is 7.25. The molecule has 0 radical (unpaired) electrons. The van der Waals surface area contributed by atoms with Crippen molar-refractivity contribution in [3.8, 4) is 5.75 Å². The zero-order chi connectivity index (χ0) is 15.1. The van der Waals surface area contributed by atoms with Gasteiger partial charge in [0.2, 0.25) is 0 Å². The molecule has 0 bridgehead atoms. The molecule has 0 spiro atoms. The van der Waals surface area contributed by atoms with Crippen molar-refractivity contribution in [2.24, 2.45) is 0 Å². The molecule has 21 heavy (non-hydrogen) atoms. The summed E-state index contributed by atoms with van der Waals surface area (Å²) in [5, 5.41) is 3.54. The molecule has 1 unspecified atom stereocenters. The highest BCUT2D eigenvalue weighted by atomic mass is 16.5. The minimum atomic E-state index is 0.347. The summed E-state index contributed by atoms with van der Waals surface area (Å²) < 4.78 is 5.22. The number of nitrogens with one attached hydrogen (secondary N) is 1. The molecule has 0 fully saturated rings. The molecule has 2 aromatic rings. The van der Waals surface area contributed by atoms with Gasteiger partial charge in [0.05, 0.1) is 7.11 Å². The quantitative estimate of drug-likeness (QED) is 0.845. The van der Waals surface area contributed by atoms with Crippen molar-refractivity contribution in [1.82, 2.24) is 10.2 Å². The number of methoxy groups -OCH3 is 1. The Morgan fingerprint density at radius 1 is 1.00 bits per heavy atom. The Morgan fingerprint density at radius 3 is 2.24 bits per heavy atom. The van der Waals surface area contributed by atoms with Crippen LogP contribution in [0, 0.1) is 0 Å². The zero-order valence-corrected chi connectivity index (χ0v) is 13.0. The van der Waals surface area contributed by atoms with Gasteiger partial charge >= 0.3 is 0 Å². The van der Waals surface area contributed by atoms with E-state index in [4.69, 9.17) is 4.74 Å². The Bertz CT molecular complexity index is 523. The predicted molar refractivity (Wildman–Crippen MR) is 87.6 cm³/mol. The van der Waals surface area contributed by atoms with Gasteiger partial charge in [-0.25, -0.2) is 0 Å². The van der Waals surface area contributed by atoms with Crippen LogP contribution in [0.5, 0.6) is 5.75 Å². The van der Waals surface area contributed by atoms with E-state index >= 15 is 0 Å². The van der Waals surface area contributed by atoms with Gasteiger partial charge in [0.25, 0.3) is 0 Å². The lowest BCUT2D eigenvalue weighted by atomic mass is 10.1. The Kier molecular flexibility index (Phi) is 5.78. The fourth-order valence-electron chi connectivity index (χ4n) is 2.37. The number of benzene rings is 2. The average molecular weight is 284 g/mol. The molecule has 0 aliphatic carbocycles. The number of hydrogen-bond acceptors (Lipinski definition) is 3. The van der Waals surface area contributed by atoms with Gasteiger partial charge in [-0.1, -0.05) is 42.5 Å². The van der Waals surface area contributed by atoms with Crippen LogP contribution < -0.4 is 10.1 Å². The van der Waals surface area contributed by atoms with Crippen LogP contribution in [0.15, 0.2) is 54.6 Å². The average Bonchev–Trinajstić information content (AvgIpc) is 2.52. The lowest BCUT2D eigenvalue weighted by Crippen LogP contribution is -2.30. The number of likely N-dealkylation sites (N-methyl/N-ethyl adjacent to an activating group) is 1. The summed E-state index contributed by atoms with van der Waals surface area (Å²) in [6.45, 7) is 1.80. The third kappa shape index (κ3) is 4.59. The van der Waals surface area contributed by atoms with Crippen LogP contribution in [0.3, 0.4) is 0 Å². The van der Waals surface area contributed by atoms with Crippen LogP contribution in [0.2, 0.25) is 0 Å². The molecule has 2 rings (SSSR count). The number of rotatable bonds is 7. The van der Waals surface area contributed by atoms with Crippen LogP contribution in [0.1, 0.15) is 17.2 Å². The zero-order valence-electron chi connectivity index (χ0n) is 13.0. The first kappa shape index (κ1) is 15.5. The Balaban J connectivity index is 1.95. The van der Waals surface area contributed by atoms with E-state index < -0.39 is 0 Å². The van der Waals surface area contributed by atoms with E-state index in [1.165, 1.54) is 11.1 Å². The lowest BCUT2D eigenvalue weighted by molar-refractivity contribution is 0.288. The molecule has 3 nitrogen and oxygen atoms in total. The van der Waals surface area contributed by atoms with E-state index in [1.54, 1.807) is 7.11 Å². The second-order valence-corrected chi connectivity index (χ2v) is 5.37. The number of hydrogen-bond donors (Lipinski definition) is 1. The summed E-state index contributed by atoms with van der Waals surface area (Å²) in [7, 11) is 5.91. The largest absolute Gasteiger partial charge is 0.497 e. The Morgan fingerprint density at radius 2 is 1.67 bits per heavy atom. The van der Waals surface area contributed by atoms with Gasteiger partial charge in [0.1, 0.15) is 5.75 Å². The van der Waals surface area contributed by atoms with E-state index in [-0.39, 0.29) is 0 Å². The van der Waals surface area contributed by atoms with Gasteiger partial charge in [0, 0.05) is 19.1 Å². The van der Waals surface area contributed by atoms with Gasteiger partial charge in [-0.05, 0) is 37.4 Å². The molecule has 0 saturated heterocycles. The third-order valence-electron chi connectivity index (χ3n) is 3.63. The van der Waals surface area contributed by atoms with Gasteiger partial charge in [0.15, 0.2) is 0 Å². The fraction of sp³-hybridized carbons (Fsp3) is 0.333. The maximum absolute atomic E-state index is 5.22. The van der Waals surface area contributed by atoms with E-state index in [9.17, 15) is 0 Å². The summed E-state index contributed by atoms with van der Waals surface area (Å²) in [6, 6.07) is 19.1. The smallest absolute Gasteiger partial charge is 0.118 e. The molecule has 0 saturated carbocycles. The molecular weight excluding hydrogens is 260 g/mol. The minimum Gasteiger partial charge on any atom is -0.497 e. The third-order valence-corrected chi connectivity index (χ3v) is 3.63. The monoisotopic (exact) mass is 284 g/mol. The highest BCUT2D eigenvalue weighted by molar-refractivity contribution is 5.29. The van der Waals surface area contributed by atoms with Crippen LogP contribution in [-0.2, 0) is 6.54 Å². The van der Waals surface area contributed by atoms with Crippen molar-refractivity contribution in [3.63, 3.8) is 0 Å². The second kappa shape index (κ2) is 7.81. The Hall–Kier alpha value is -1.84. The summed E-state index contributed by atoms with van der Waals surface area (Å²) in [6.07, 6.45) is 0. The molecule has 0 amide bonds. The molecule has 1 atom stereocenters. The minimum absolute atomic E-state index is 0.347. The molecule has 2 aromatic carbocycles. The molecule has 112 valence electrons. The maximum Gasteiger partial charge on any atom is 0.118 e. The van der Waals surface area contributed by atoms with E-state index in [1.807, 2.05) is 18.2 Å². The maximum atomic E-state index is 5.22. The molecule has 0 aromatic heterocycles. The molecule has 0 aliphatic heterocycles. The van der Waals surface area contributed by atoms with Crippen molar-refractivity contribution in [2.75, 3.05) is 27.7 Å². The van der Waals surface area contributed by atoms with Gasteiger partial charge in [-0.3, -0.25) is 0 Å². The van der Waals surface area contributed by atoms with Gasteiger partial charge in [-0.15, -0.1) is 0 Å². The van der Waals surface area contributed by atoms with Crippen molar-refractivity contribution in [1.29, 1.82) is 0 Å². The predicted octanol–water partition coefficient (Wildman–Crippen LogP) is 3.09. The molecule has 0 heterocycles. The van der Waals surface area contributed by atoms with Crippen LogP contribution >= 0.6 is 0 Å². The number of ether oxygens (including phenoxy) is 1. The van der Waals surface area contributed by atoms with Crippen LogP contribution in [0.4, 0.5) is 0 Å². The summed E-state index contributed by atoms with van der Waals surface area (Å²) >= 11 is 0. The topological polar surface area (TPSA) is 24.5 Å². The second-order valence-electron chi connectivity index (χ2n) is 5.37. The van der Waals surface area contributed by atoms with Crippen molar-refractivity contribution < 1.29 is 4.74 Å². The van der Waals surface area contributed by atoms with Crippen molar-refractivity contribution in [2.45, 2.75) is 12.6 Å². The normalized spacial score (nSPS) is 12.4. The summed E-state index contributed by atoms with van der Waals surface area (Å²) in [4.78, 5) is 2.24. The van der Waals surface area contributed by atoms with Gasteiger partial charge < -0.3 is 15.0 Å². The Labute approximate surface area is 127 Å². The summed E-state index contributed by atoms with van der Waals surface area (Å²) in [5.41, 5.74) is 2.60. The van der Waals surface area contributed by atoms with Crippen LogP contribution in [-0.4, -0.2) is 32.6 Å². The summed E-state index contributed by atoms with van der Waals surface area (Å²) in [5.74, 6) is 0.897. The first-order chi connectivity index (χ1) is 10.2. The highest BCUT2D eigenvalue weighted by Gasteiger charge is 2.13. The van der Waals surface area contributed by atoms with E-state index in [2.05, 4.69) is 60.7 Å². The lowest BCUT2D eigenvalue weighted by Gasteiger charge is -2.25. The van der Waals surface area contributed by atoms with Crippen molar-refractivity contribution in [3.05, 3.63) is 65.7 Å². The molecule has 3 heteroatoms. The highest BCUT2D eigenvalue weighted by Crippen LogP contribution is 2.20. The number of nitrogens with zero attached hydrogens (tertiary/aromatic N) is 1. The van der Waals surface area contributed by atoms with E-state index in [0.29, 0.717) is 6.04 Å². The standard InChI is InChI=1S/C18H24N2O/c1-20(2)18(16-9-11-17(21-3)12-10-16)14-19-13-15-7-5-4-6-8-15/h4-12,18-19H,13-14H2,1-3H3. The molecule has 0 aliphatic rings. The SMILES string of the molecule is COc1ccc(C(CNCc2ccccc2)N(C)C)cc1. The van der Waals surface area contributed by atoms with Crippen LogP contribution in [0.25, 0.3) is 0 Å². The molecular formula is C18H24N2O.